The largest absolute Gasteiger partial charge is 0.497 e. The predicted octanol–water partition coefficient (Wildman–Crippen LogP) is 10.3. The minimum absolute atomic E-state index is 0.000796. The summed E-state index contributed by atoms with van der Waals surface area (Å²) in [5.74, 6) is 1.99. The average Bonchev–Trinajstić information content (AvgIpc) is 3.06. The molecule has 7 atom stereocenters. The highest BCUT2D eigenvalue weighted by Crippen LogP contribution is 2.45. The second kappa shape index (κ2) is 21.2. The standard InChI is InChI=1S/C42H72O7Si/c1-29(2)13-12-14-35(43)23-37-18-15-33(9)42(48-37)27-39(45-11)25-40-26-41(49-50(30(3)4,31(5)6)32(7)8)24-38(47-40)21-22-46-28-34-16-19-36(44-10)20-17-34/h12,14,16-17,19-20,29-33,37-42H,13,15,18,21-28H2,1-11H3/b14-12+/t33-,37-,38-,39-,40+,41+,42+/m0/s1. The van der Waals surface area contributed by atoms with Crippen LogP contribution in [0.25, 0.3) is 0 Å². The molecule has 50 heavy (non-hydrogen) atoms. The summed E-state index contributed by atoms with van der Waals surface area (Å²) in [4.78, 5) is 12.7. The summed E-state index contributed by atoms with van der Waals surface area (Å²) in [5.41, 5.74) is 2.71. The third-order valence-corrected chi connectivity index (χ3v) is 17.3. The van der Waals surface area contributed by atoms with Crippen molar-refractivity contribution in [3.8, 4) is 5.75 Å². The van der Waals surface area contributed by atoms with Gasteiger partial charge in [-0.1, -0.05) is 80.5 Å². The van der Waals surface area contributed by atoms with E-state index in [9.17, 15) is 4.79 Å². The van der Waals surface area contributed by atoms with Crippen LogP contribution in [0.5, 0.6) is 5.75 Å². The molecular weight excluding hydrogens is 645 g/mol. The Balaban J connectivity index is 1.67. The van der Waals surface area contributed by atoms with Crippen LogP contribution in [0.15, 0.2) is 36.4 Å². The van der Waals surface area contributed by atoms with Gasteiger partial charge in [-0.2, -0.15) is 0 Å². The first-order chi connectivity index (χ1) is 23.8. The number of rotatable bonds is 21. The number of hydrogen-bond donors (Lipinski definition) is 0. The number of carbonyl (C=O) groups is 1. The molecular formula is C42H72O7Si. The van der Waals surface area contributed by atoms with Crippen molar-refractivity contribution in [2.75, 3.05) is 20.8 Å². The maximum atomic E-state index is 12.7. The van der Waals surface area contributed by atoms with E-state index in [1.54, 1.807) is 13.2 Å². The Morgan fingerprint density at radius 1 is 0.880 bits per heavy atom. The van der Waals surface area contributed by atoms with Gasteiger partial charge in [0.25, 0.3) is 0 Å². The van der Waals surface area contributed by atoms with Gasteiger partial charge in [0, 0.05) is 26.6 Å². The highest BCUT2D eigenvalue weighted by atomic mass is 28.4. The van der Waals surface area contributed by atoms with Gasteiger partial charge in [-0.15, -0.1) is 0 Å². The predicted molar refractivity (Wildman–Crippen MR) is 206 cm³/mol. The van der Waals surface area contributed by atoms with E-state index in [-0.39, 0.29) is 42.4 Å². The van der Waals surface area contributed by atoms with E-state index in [4.69, 9.17) is 28.1 Å². The van der Waals surface area contributed by atoms with E-state index >= 15 is 0 Å². The van der Waals surface area contributed by atoms with Crippen LogP contribution in [0, 0.1) is 11.8 Å². The molecule has 2 aliphatic rings. The van der Waals surface area contributed by atoms with Gasteiger partial charge < -0.3 is 28.1 Å². The van der Waals surface area contributed by atoms with E-state index in [1.807, 2.05) is 25.3 Å². The third-order valence-electron chi connectivity index (χ3n) is 11.2. The molecule has 2 saturated heterocycles. The van der Waals surface area contributed by atoms with Crippen LogP contribution in [-0.4, -0.2) is 71.6 Å². The molecule has 0 amide bonds. The number of ketones is 1. The van der Waals surface area contributed by atoms with Crippen molar-refractivity contribution in [3.63, 3.8) is 0 Å². The van der Waals surface area contributed by atoms with Gasteiger partial charge in [-0.25, -0.2) is 0 Å². The Kier molecular flexibility index (Phi) is 18.2. The Labute approximate surface area is 306 Å². The maximum absolute atomic E-state index is 12.7. The van der Waals surface area contributed by atoms with Crippen LogP contribution < -0.4 is 4.74 Å². The smallest absolute Gasteiger partial charge is 0.200 e. The SMILES string of the molecule is COc1ccc(COCC[C@H]2C[C@@H](O[Si](C(C)C)(C(C)C)C(C)C)C[C@@H](C[C@@H](C[C@H]3O[C@H](CC(=O)/C=C/CC(C)C)CC[C@@H]3C)OC)O2)cc1. The molecule has 0 N–H and O–H groups in total. The van der Waals surface area contributed by atoms with E-state index in [2.05, 4.69) is 74.4 Å². The Morgan fingerprint density at radius 3 is 2.14 bits per heavy atom. The molecule has 1 aromatic carbocycles. The van der Waals surface area contributed by atoms with Gasteiger partial charge >= 0.3 is 0 Å². The van der Waals surface area contributed by atoms with Crippen LogP contribution >= 0.6 is 0 Å². The molecule has 2 heterocycles. The van der Waals surface area contributed by atoms with Crippen LogP contribution in [0.1, 0.15) is 126 Å². The highest BCUT2D eigenvalue weighted by Gasteiger charge is 2.48. The quantitative estimate of drug-likeness (QED) is 0.0712. The van der Waals surface area contributed by atoms with Crippen LogP contribution in [0.3, 0.4) is 0 Å². The number of methoxy groups -OCH3 is 2. The molecule has 2 aliphatic heterocycles. The number of allylic oxidation sites excluding steroid dienone is 2. The van der Waals surface area contributed by atoms with Gasteiger partial charge in [0.15, 0.2) is 5.78 Å². The van der Waals surface area contributed by atoms with Crippen molar-refractivity contribution >= 4 is 14.1 Å². The number of ether oxygens (including phenoxy) is 5. The summed E-state index contributed by atoms with van der Waals surface area (Å²) >= 11 is 0. The summed E-state index contributed by atoms with van der Waals surface area (Å²) in [6, 6.07) is 8.05. The molecule has 1 aromatic rings. The molecule has 2 fully saturated rings. The summed E-state index contributed by atoms with van der Waals surface area (Å²) in [7, 11) is 1.42. The molecule has 0 spiro atoms. The minimum atomic E-state index is -2.07. The monoisotopic (exact) mass is 717 g/mol. The van der Waals surface area contributed by atoms with Crippen LogP contribution in [0.4, 0.5) is 0 Å². The summed E-state index contributed by atoms with van der Waals surface area (Å²) < 4.78 is 38.4. The molecule has 8 heteroatoms. The zero-order valence-electron chi connectivity index (χ0n) is 33.5. The fourth-order valence-corrected chi connectivity index (χ4v) is 14.0. The van der Waals surface area contributed by atoms with E-state index in [1.165, 1.54) is 0 Å². The van der Waals surface area contributed by atoms with Crippen molar-refractivity contribution in [3.05, 3.63) is 42.0 Å². The molecule has 7 nitrogen and oxygen atoms in total. The van der Waals surface area contributed by atoms with Crippen molar-refractivity contribution in [1.29, 1.82) is 0 Å². The lowest BCUT2D eigenvalue weighted by Crippen LogP contribution is -2.52. The zero-order chi connectivity index (χ0) is 36.8. The molecule has 0 bridgehead atoms. The molecule has 0 radical (unpaired) electrons. The summed E-state index contributed by atoms with van der Waals surface area (Å²) in [6.07, 6.45) is 11.6. The lowest BCUT2D eigenvalue weighted by molar-refractivity contribution is -0.135. The van der Waals surface area contributed by atoms with Crippen LogP contribution in [0.2, 0.25) is 16.6 Å². The lowest BCUT2D eigenvalue weighted by atomic mass is 9.87. The molecule has 0 aliphatic carbocycles. The van der Waals surface area contributed by atoms with E-state index in [0.29, 0.717) is 48.1 Å². The maximum Gasteiger partial charge on any atom is 0.200 e. The first-order valence-corrected chi connectivity index (χ1v) is 21.8. The van der Waals surface area contributed by atoms with Gasteiger partial charge in [-0.05, 0) is 97.2 Å². The minimum Gasteiger partial charge on any atom is -0.497 e. The van der Waals surface area contributed by atoms with E-state index < -0.39 is 8.32 Å². The first kappa shape index (κ1) is 42.9. The van der Waals surface area contributed by atoms with Crippen molar-refractivity contribution in [2.24, 2.45) is 11.8 Å². The summed E-state index contributed by atoms with van der Waals surface area (Å²) in [5, 5.41) is 0. The number of carbonyl (C=O) groups excluding carboxylic acids is 1. The lowest BCUT2D eigenvalue weighted by Gasteiger charge is -2.47. The molecule has 0 aromatic heterocycles. The average molecular weight is 717 g/mol. The number of hydrogen-bond acceptors (Lipinski definition) is 7. The third kappa shape index (κ3) is 13.1. The normalized spacial score (nSPS) is 25.7. The highest BCUT2D eigenvalue weighted by molar-refractivity contribution is 6.77. The molecule has 286 valence electrons. The molecule has 0 saturated carbocycles. The van der Waals surface area contributed by atoms with Crippen molar-refractivity contribution in [1.82, 2.24) is 0 Å². The fourth-order valence-electron chi connectivity index (χ4n) is 8.45. The second-order valence-corrected chi connectivity index (χ2v) is 21.9. The Bertz CT molecular complexity index is 1110. The van der Waals surface area contributed by atoms with Gasteiger partial charge in [0.05, 0.1) is 50.3 Å². The zero-order valence-corrected chi connectivity index (χ0v) is 34.5. The topological polar surface area (TPSA) is 72.5 Å². The molecule has 3 rings (SSSR count). The molecule has 0 unspecified atom stereocenters. The Morgan fingerprint density at radius 2 is 1.54 bits per heavy atom. The first-order valence-electron chi connectivity index (χ1n) is 19.7. The summed E-state index contributed by atoms with van der Waals surface area (Å²) in [6.45, 7) is 22.0. The fraction of sp³-hybridized carbons (Fsp3) is 0.786. The second-order valence-electron chi connectivity index (χ2n) is 16.5. The van der Waals surface area contributed by atoms with Crippen molar-refractivity contribution < 1.29 is 32.9 Å². The van der Waals surface area contributed by atoms with Gasteiger partial charge in [0.2, 0.25) is 8.32 Å². The Hall–Kier alpha value is -1.55. The van der Waals surface area contributed by atoms with Crippen LogP contribution in [-0.2, 0) is 34.8 Å². The van der Waals surface area contributed by atoms with Gasteiger partial charge in [0.1, 0.15) is 5.75 Å². The van der Waals surface area contributed by atoms with Gasteiger partial charge in [-0.3, -0.25) is 4.79 Å². The van der Waals surface area contributed by atoms with Crippen molar-refractivity contribution in [2.45, 2.75) is 180 Å². The number of benzene rings is 1. The van der Waals surface area contributed by atoms with E-state index in [0.717, 1.165) is 62.7 Å².